The minimum atomic E-state index is 0.217. The van der Waals surface area contributed by atoms with Crippen molar-refractivity contribution in [1.82, 2.24) is 0 Å². The highest BCUT2D eigenvalue weighted by molar-refractivity contribution is 14.3. The zero-order valence-electron chi connectivity index (χ0n) is 4.48. The van der Waals surface area contributed by atoms with Crippen LogP contribution >= 0.6 is 47.3 Å². The summed E-state index contributed by atoms with van der Waals surface area (Å²) in [5, 5.41) is 8.38. The normalized spacial score (nSPS) is 10.5. The number of rotatable bonds is 4. The Hall–Kier alpha value is 1.85. The number of hydrogen-bond donors (Lipinski definition) is 1. The minimum absolute atomic E-state index is 0.217. The smallest absolute Gasteiger partial charge is 0.0431 e. The minimum Gasteiger partial charge on any atom is -0.396 e. The van der Waals surface area contributed by atoms with Crippen LogP contribution in [0, 0.1) is 0 Å². The molecule has 0 rings (SSSR count). The Labute approximate surface area is 77.3 Å². The van der Waals surface area contributed by atoms with Crippen LogP contribution in [-0.4, -0.2) is 17.9 Å². The molecule has 1 N–H and O–H groups in total. The van der Waals surface area contributed by atoms with Gasteiger partial charge in [-0.1, -0.05) is 0 Å². The molecule has 0 radical (unpaired) electrons. The number of unbranched alkanes of at least 4 members (excludes halogenated alkanes) is 1. The van der Waals surface area contributed by atoms with Gasteiger partial charge in [-0.25, -0.2) is 0 Å². The molecule has 0 aliphatic rings. The summed E-state index contributed by atoms with van der Waals surface area (Å²) >= 11 is 4.90. The highest BCUT2D eigenvalue weighted by Crippen LogP contribution is 2.53. The molecule has 0 aliphatic heterocycles. The first kappa shape index (κ1) is 9.85. The maximum atomic E-state index is 8.38. The third kappa shape index (κ3) is 7.85. The Bertz CT molecular complexity index is 51.3. The van der Waals surface area contributed by atoms with E-state index in [1.165, 1.54) is 12.6 Å². The van der Waals surface area contributed by atoms with Gasteiger partial charge in [0.2, 0.25) is 0 Å². The van der Waals surface area contributed by atoms with Gasteiger partial charge in [-0.2, -0.15) is 0 Å². The maximum Gasteiger partial charge on any atom is 0.0431 e. The van der Waals surface area contributed by atoms with Crippen molar-refractivity contribution >= 4 is 47.3 Å². The van der Waals surface area contributed by atoms with Gasteiger partial charge in [-0.05, 0) is 63.1 Å². The predicted molar refractivity (Wildman–Crippen MR) is 56.1 cm³/mol. The maximum absolute atomic E-state index is 8.38. The first-order valence-corrected chi connectivity index (χ1v) is 9.57. The fraction of sp³-hybridized carbons (Fsp3) is 1.00. The van der Waals surface area contributed by atoms with Crippen molar-refractivity contribution in [2.45, 2.75) is 12.8 Å². The largest absolute Gasteiger partial charge is 0.396 e. The lowest BCUT2D eigenvalue weighted by atomic mass is 10.4. The molecule has 1 nitrogen and oxygen atoms in total. The summed E-state index contributed by atoms with van der Waals surface area (Å²) in [4.78, 5) is 0. The highest BCUT2D eigenvalue weighted by Gasteiger charge is 1.94. The third-order valence-electron chi connectivity index (χ3n) is 0.735. The fourth-order valence-electron chi connectivity index (χ4n) is 0.343. The van der Waals surface area contributed by atoms with Crippen molar-refractivity contribution < 1.29 is 5.11 Å². The van der Waals surface area contributed by atoms with Gasteiger partial charge in [0.15, 0.2) is 0 Å². The van der Waals surface area contributed by atoms with E-state index in [0.29, 0.717) is 6.61 Å². The number of hydrogen-bond acceptors (Lipinski definition) is 1. The van der Waals surface area contributed by atoms with Crippen LogP contribution in [0.5, 0.6) is 0 Å². The molecule has 0 bridgehead atoms. The third-order valence-corrected chi connectivity index (χ3v) is 4.28. The van der Waals surface area contributed by atoms with E-state index in [-0.39, 0.29) is 3.21 Å². The summed E-state index contributed by atoms with van der Waals surface area (Å²) in [5.74, 6) is 0. The second kappa shape index (κ2) is 6.96. The van der Waals surface area contributed by atoms with E-state index in [0.717, 1.165) is 6.42 Å². The monoisotopic (exact) mass is 358 g/mol. The lowest BCUT2D eigenvalue weighted by molar-refractivity contribution is 0.287. The van der Waals surface area contributed by atoms with Crippen molar-refractivity contribution in [3.05, 3.63) is 0 Å². The summed E-state index contributed by atoms with van der Waals surface area (Å²) in [6, 6.07) is 0. The molecule has 0 aliphatic carbocycles. The Balaban J connectivity index is 2.72. The molecular formula is C4H9I2OP. The van der Waals surface area contributed by atoms with Crippen LogP contribution < -0.4 is 0 Å². The molecule has 0 saturated carbocycles. The van der Waals surface area contributed by atoms with Crippen LogP contribution in [0.25, 0.3) is 0 Å². The molecule has 0 amide bonds. The quantitative estimate of drug-likeness (QED) is 0.466. The Morgan fingerprint density at radius 2 is 1.88 bits per heavy atom. The first-order valence-electron chi connectivity index (χ1n) is 2.47. The Morgan fingerprint density at radius 1 is 1.25 bits per heavy atom. The molecule has 0 atom stereocenters. The molecule has 0 spiro atoms. The van der Waals surface area contributed by atoms with E-state index >= 15 is 0 Å². The van der Waals surface area contributed by atoms with Crippen molar-refractivity contribution in [3.8, 4) is 0 Å². The fourth-order valence-corrected chi connectivity index (χ4v) is 2.85. The lowest BCUT2D eigenvalue weighted by Crippen LogP contribution is -1.82. The second-order valence-electron chi connectivity index (χ2n) is 1.46. The molecular weight excluding hydrogens is 349 g/mol. The topological polar surface area (TPSA) is 20.2 Å². The van der Waals surface area contributed by atoms with E-state index in [4.69, 9.17) is 5.11 Å². The van der Waals surface area contributed by atoms with E-state index < -0.39 is 0 Å². The van der Waals surface area contributed by atoms with Crippen LogP contribution in [0.3, 0.4) is 0 Å². The summed E-state index contributed by atoms with van der Waals surface area (Å²) in [6.07, 6.45) is 3.45. The molecule has 0 aromatic rings. The highest BCUT2D eigenvalue weighted by atomic mass is 127. The molecule has 0 aromatic carbocycles. The van der Waals surface area contributed by atoms with Crippen molar-refractivity contribution in [1.29, 1.82) is 0 Å². The molecule has 0 fully saturated rings. The van der Waals surface area contributed by atoms with Gasteiger partial charge in [0, 0.05) is 9.81 Å². The lowest BCUT2D eigenvalue weighted by Gasteiger charge is -1.97. The zero-order chi connectivity index (χ0) is 6.41. The molecule has 4 heteroatoms. The number of aliphatic hydroxyl groups is 1. The van der Waals surface area contributed by atoms with E-state index in [1.807, 2.05) is 0 Å². The van der Waals surface area contributed by atoms with Gasteiger partial charge in [-0.15, -0.1) is 0 Å². The molecule has 0 aromatic heterocycles. The van der Waals surface area contributed by atoms with E-state index in [9.17, 15) is 0 Å². The first-order chi connectivity index (χ1) is 3.77. The van der Waals surface area contributed by atoms with E-state index in [1.54, 1.807) is 0 Å². The van der Waals surface area contributed by atoms with Crippen molar-refractivity contribution in [2.75, 3.05) is 12.8 Å². The van der Waals surface area contributed by atoms with Gasteiger partial charge in [0.1, 0.15) is 0 Å². The van der Waals surface area contributed by atoms with Gasteiger partial charge >= 0.3 is 0 Å². The molecule has 0 unspecified atom stereocenters. The average molecular weight is 358 g/mol. The molecule has 50 valence electrons. The molecule has 0 heterocycles. The average Bonchev–Trinajstić information content (AvgIpc) is 1.66. The van der Waals surface area contributed by atoms with Gasteiger partial charge in [0.05, 0.1) is 0 Å². The standard InChI is InChI=1S/C4H9I2OP/c5-8(6)4-2-1-3-7/h7H,1-4H2. The van der Waals surface area contributed by atoms with E-state index in [2.05, 4.69) is 44.1 Å². The summed E-state index contributed by atoms with van der Waals surface area (Å²) in [6.45, 7) is 0.358. The van der Waals surface area contributed by atoms with Crippen LogP contribution in [0.2, 0.25) is 0 Å². The van der Waals surface area contributed by atoms with Crippen molar-refractivity contribution in [3.63, 3.8) is 0 Å². The van der Waals surface area contributed by atoms with Gasteiger partial charge in [-0.3, -0.25) is 0 Å². The SMILES string of the molecule is OCCCCP(I)I. The Morgan fingerprint density at radius 3 is 2.25 bits per heavy atom. The van der Waals surface area contributed by atoms with Crippen molar-refractivity contribution in [2.24, 2.45) is 0 Å². The summed E-state index contributed by atoms with van der Waals surface area (Å²) in [5.41, 5.74) is 0. The number of aliphatic hydroxyl groups excluding tert-OH is 1. The zero-order valence-corrected chi connectivity index (χ0v) is 9.69. The van der Waals surface area contributed by atoms with Gasteiger partial charge in [0.25, 0.3) is 0 Å². The molecule has 8 heavy (non-hydrogen) atoms. The van der Waals surface area contributed by atoms with Crippen LogP contribution in [-0.2, 0) is 0 Å². The predicted octanol–water partition coefficient (Wildman–Crippen LogP) is 2.94. The summed E-state index contributed by atoms with van der Waals surface area (Å²) in [7, 11) is 0. The van der Waals surface area contributed by atoms with Crippen LogP contribution in [0.1, 0.15) is 12.8 Å². The summed E-state index contributed by atoms with van der Waals surface area (Å²) < 4.78 is 0.217. The van der Waals surface area contributed by atoms with Crippen LogP contribution in [0.15, 0.2) is 0 Å². The van der Waals surface area contributed by atoms with Gasteiger partial charge < -0.3 is 5.11 Å². The second-order valence-corrected chi connectivity index (χ2v) is 15.0. The molecule has 0 saturated heterocycles. The Kier molecular flexibility index (Phi) is 8.57. The number of halogens is 2. The van der Waals surface area contributed by atoms with Crippen LogP contribution in [0.4, 0.5) is 0 Å².